The van der Waals surface area contributed by atoms with Crippen molar-refractivity contribution in [2.75, 3.05) is 5.73 Å². The molecule has 0 amide bonds. The smallest absolute Gasteiger partial charge is 0.343 e. The van der Waals surface area contributed by atoms with Crippen LogP contribution in [0.15, 0.2) is 47.4 Å². The Morgan fingerprint density at radius 3 is 2.36 bits per heavy atom. The van der Waals surface area contributed by atoms with Crippen molar-refractivity contribution in [2.45, 2.75) is 38.0 Å². The molecule has 0 aliphatic rings. The van der Waals surface area contributed by atoms with Crippen LogP contribution >= 0.6 is 12.4 Å². The van der Waals surface area contributed by atoms with Gasteiger partial charge in [-0.15, -0.1) is 12.4 Å². The van der Waals surface area contributed by atoms with Crippen LogP contribution in [0.2, 0.25) is 0 Å². The van der Waals surface area contributed by atoms with Crippen molar-refractivity contribution >= 4 is 34.2 Å². The van der Waals surface area contributed by atoms with E-state index < -0.39 is 16.1 Å². The number of nitrogens with two attached hydrogens (primary N) is 1. The highest BCUT2D eigenvalue weighted by Crippen LogP contribution is 2.34. The third-order valence-corrected chi connectivity index (χ3v) is 4.98. The van der Waals surface area contributed by atoms with E-state index in [1.54, 1.807) is 6.07 Å². The number of halogens is 1. The topological polar surface area (TPSA) is 86.5 Å². The molecule has 0 aromatic heterocycles. The second kappa shape index (κ2) is 8.87. The number of hydrogen-bond donors (Lipinski definition) is 1. The molecule has 2 aromatic rings. The lowest BCUT2D eigenvalue weighted by molar-refractivity contribution is -0.133. The highest BCUT2D eigenvalue weighted by Gasteiger charge is 2.25. The number of carbonyl (C=O) groups excluding carboxylic acids is 1. The number of aryl methyl sites for hydroxylation is 1. The van der Waals surface area contributed by atoms with Crippen LogP contribution < -0.4 is 5.73 Å². The number of nitrogen functional groups attached to an aromatic ring is 1. The summed E-state index contributed by atoms with van der Waals surface area (Å²) in [4.78, 5) is 11.5. The van der Waals surface area contributed by atoms with Gasteiger partial charge in [-0.3, -0.25) is 4.79 Å². The van der Waals surface area contributed by atoms with E-state index in [1.807, 2.05) is 44.2 Å². The van der Waals surface area contributed by atoms with Crippen LogP contribution in [0.4, 0.5) is 5.69 Å². The van der Waals surface area contributed by atoms with Gasteiger partial charge in [0.05, 0.1) is 5.69 Å². The Balaban J connectivity index is 0.00000312. The summed E-state index contributed by atoms with van der Waals surface area (Å²) in [7, 11) is -4.24. The minimum atomic E-state index is -4.24. The summed E-state index contributed by atoms with van der Waals surface area (Å²) in [5.41, 5.74) is 8.47. The molecule has 5 nitrogen and oxygen atoms in total. The monoisotopic (exact) mass is 383 g/mol. The van der Waals surface area contributed by atoms with Crippen molar-refractivity contribution in [1.82, 2.24) is 0 Å². The first-order valence-electron chi connectivity index (χ1n) is 7.78. The average molecular weight is 384 g/mol. The highest BCUT2D eigenvalue weighted by molar-refractivity contribution is 7.87. The van der Waals surface area contributed by atoms with Gasteiger partial charge in [-0.2, -0.15) is 8.42 Å². The van der Waals surface area contributed by atoms with Crippen LogP contribution in [0.25, 0.3) is 11.1 Å². The van der Waals surface area contributed by atoms with Crippen LogP contribution in [0.3, 0.4) is 0 Å². The van der Waals surface area contributed by atoms with E-state index in [1.165, 1.54) is 6.07 Å². The maximum absolute atomic E-state index is 12.4. The quantitative estimate of drug-likeness (QED) is 0.599. The minimum Gasteiger partial charge on any atom is -0.397 e. The zero-order chi connectivity index (χ0) is 17.7. The zero-order valence-electron chi connectivity index (χ0n) is 14.2. The lowest BCUT2D eigenvalue weighted by Gasteiger charge is -2.14. The molecule has 0 fully saturated rings. The van der Waals surface area contributed by atoms with Gasteiger partial charge in [0.15, 0.2) is 0 Å². The number of carbonyl (C=O) groups is 1. The minimum absolute atomic E-state index is 0. The second-order valence-corrected chi connectivity index (χ2v) is 7.06. The molecule has 0 saturated carbocycles. The van der Waals surface area contributed by atoms with Crippen molar-refractivity contribution in [3.8, 4) is 11.1 Å². The maximum Gasteiger partial charge on any atom is 0.343 e. The maximum atomic E-state index is 12.4. The summed E-state index contributed by atoms with van der Waals surface area (Å²) >= 11 is 0. The molecule has 2 N–H and O–H groups in total. The van der Waals surface area contributed by atoms with E-state index >= 15 is 0 Å². The van der Waals surface area contributed by atoms with E-state index in [4.69, 9.17) is 9.92 Å². The first kappa shape index (κ1) is 21.0. The second-order valence-electron chi connectivity index (χ2n) is 5.55. The summed E-state index contributed by atoms with van der Waals surface area (Å²) in [5.74, 6) is -0.766. The summed E-state index contributed by atoms with van der Waals surface area (Å²) < 4.78 is 29.5. The van der Waals surface area contributed by atoms with Crippen LogP contribution in [-0.4, -0.2) is 14.4 Å². The number of hydrogen-bond acceptors (Lipinski definition) is 5. The third kappa shape index (κ3) is 4.96. The molecule has 0 spiro atoms. The summed E-state index contributed by atoms with van der Waals surface area (Å²) in [6, 6.07) is 12.3. The highest BCUT2D eigenvalue weighted by atomic mass is 35.5. The standard InChI is InChI=1S/C18H21NO4S.ClH/c1-3-4-10-16(20)23-24(21,22)15-12-11-13(2)17(18(15)19)14-8-6-5-7-9-14;/h5-9,11-12H,3-4,10,19H2,1-2H3;1H. The molecule has 0 aliphatic heterocycles. The van der Waals surface area contributed by atoms with Crippen molar-refractivity contribution < 1.29 is 17.4 Å². The third-order valence-electron chi connectivity index (χ3n) is 3.68. The predicted octanol–water partition coefficient (Wildman–Crippen LogP) is 4.09. The number of benzene rings is 2. The molecule has 136 valence electrons. The molecule has 0 unspecified atom stereocenters. The Labute approximate surface area is 154 Å². The normalized spacial score (nSPS) is 10.8. The van der Waals surface area contributed by atoms with Crippen molar-refractivity contribution in [2.24, 2.45) is 0 Å². The first-order chi connectivity index (χ1) is 11.4. The van der Waals surface area contributed by atoms with E-state index in [-0.39, 0.29) is 29.4 Å². The summed E-state index contributed by atoms with van der Waals surface area (Å²) in [5, 5.41) is 0. The number of rotatable bonds is 6. The van der Waals surface area contributed by atoms with Gasteiger partial charge in [0.25, 0.3) is 0 Å². The molecule has 25 heavy (non-hydrogen) atoms. The van der Waals surface area contributed by atoms with Gasteiger partial charge in [0, 0.05) is 12.0 Å². The van der Waals surface area contributed by atoms with Gasteiger partial charge in [0.1, 0.15) is 4.90 Å². The van der Waals surface area contributed by atoms with E-state index in [0.29, 0.717) is 12.0 Å². The Hall–Kier alpha value is -2.05. The van der Waals surface area contributed by atoms with Crippen LogP contribution in [0.1, 0.15) is 31.7 Å². The Kier molecular flexibility index (Phi) is 7.45. The summed E-state index contributed by atoms with van der Waals surface area (Å²) in [6.45, 7) is 3.76. The van der Waals surface area contributed by atoms with Crippen LogP contribution in [-0.2, 0) is 19.1 Å². The molecular weight excluding hydrogens is 362 g/mol. The van der Waals surface area contributed by atoms with Crippen LogP contribution in [0, 0.1) is 6.92 Å². The fraction of sp³-hybridized carbons (Fsp3) is 0.278. The van der Waals surface area contributed by atoms with Gasteiger partial charge < -0.3 is 9.92 Å². The van der Waals surface area contributed by atoms with Gasteiger partial charge in [-0.25, -0.2) is 0 Å². The van der Waals surface area contributed by atoms with Gasteiger partial charge in [0.2, 0.25) is 0 Å². The van der Waals surface area contributed by atoms with E-state index in [0.717, 1.165) is 17.5 Å². The van der Waals surface area contributed by atoms with Gasteiger partial charge >= 0.3 is 16.1 Å². The van der Waals surface area contributed by atoms with Gasteiger partial charge in [-0.1, -0.05) is 49.7 Å². The first-order valence-corrected chi connectivity index (χ1v) is 9.19. The number of anilines is 1. The van der Waals surface area contributed by atoms with E-state index in [2.05, 4.69) is 0 Å². The Morgan fingerprint density at radius 1 is 1.12 bits per heavy atom. The average Bonchev–Trinajstić information content (AvgIpc) is 2.53. The molecule has 0 aliphatic carbocycles. The SMILES string of the molecule is CCCCC(=O)OS(=O)(=O)c1ccc(C)c(-c2ccccc2)c1N.Cl. The summed E-state index contributed by atoms with van der Waals surface area (Å²) in [6.07, 6.45) is 1.42. The van der Waals surface area contributed by atoms with Crippen LogP contribution in [0.5, 0.6) is 0 Å². The molecule has 0 bridgehead atoms. The molecule has 7 heteroatoms. The van der Waals surface area contributed by atoms with Crippen molar-refractivity contribution in [1.29, 1.82) is 0 Å². The molecule has 0 heterocycles. The lowest BCUT2D eigenvalue weighted by Crippen LogP contribution is -2.15. The molecule has 2 aromatic carbocycles. The molecule has 0 atom stereocenters. The largest absolute Gasteiger partial charge is 0.397 e. The van der Waals surface area contributed by atoms with Crippen molar-refractivity contribution in [3.05, 3.63) is 48.0 Å². The lowest BCUT2D eigenvalue weighted by atomic mass is 9.99. The Morgan fingerprint density at radius 2 is 1.76 bits per heavy atom. The molecule has 0 radical (unpaired) electrons. The Bertz CT molecular complexity index is 836. The zero-order valence-corrected chi connectivity index (χ0v) is 15.8. The molecular formula is C18H22ClNO4S. The number of unbranched alkanes of at least 4 members (excludes halogenated alkanes) is 1. The van der Waals surface area contributed by atoms with Crippen molar-refractivity contribution in [3.63, 3.8) is 0 Å². The predicted molar refractivity (Wildman–Crippen MR) is 101 cm³/mol. The fourth-order valence-electron chi connectivity index (χ4n) is 2.45. The van der Waals surface area contributed by atoms with Gasteiger partial charge in [-0.05, 0) is 30.5 Å². The molecule has 0 saturated heterocycles. The molecule has 2 rings (SSSR count). The van der Waals surface area contributed by atoms with E-state index in [9.17, 15) is 13.2 Å². The fourth-order valence-corrected chi connectivity index (χ4v) is 3.47.